The van der Waals surface area contributed by atoms with E-state index in [2.05, 4.69) is 13.2 Å². The molecule has 0 saturated carbocycles. The number of carbonyl (C=O) groups is 2. The van der Waals surface area contributed by atoms with Crippen LogP contribution in [0, 0.1) is 0 Å². The van der Waals surface area contributed by atoms with Crippen molar-refractivity contribution >= 4 is 33.8 Å². The standard InChI is InChI=1S/C16H18O2S2/c1-11(2)15(17)19-9-13-7-5-6-8-14(13)10-20-16(18)12(3)4/h5-8H,1,3,9-10H2,2,4H3. The van der Waals surface area contributed by atoms with Crippen LogP contribution in [0.1, 0.15) is 25.0 Å². The van der Waals surface area contributed by atoms with E-state index in [9.17, 15) is 9.59 Å². The number of rotatable bonds is 6. The molecule has 1 rings (SSSR count). The molecule has 0 unspecified atom stereocenters. The third-order valence-corrected chi connectivity index (χ3v) is 4.66. The molecule has 0 aliphatic rings. The van der Waals surface area contributed by atoms with E-state index in [0.29, 0.717) is 22.7 Å². The van der Waals surface area contributed by atoms with Crippen LogP contribution in [-0.2, 0) is 21.1 Å². The van der Waals surface area contributed by atoms with Crippen molar-refractivity contribution in [2.24, 2.45) is 0 Å². The van der Waals surface area contributed by atoms with Crippen molar-refractivity contribution in [3.05, 3.63) is 59.7 Å². The molecule has 0 heterocycles. The summed E-state index contributed by atoms with van der Waals surface area (Å²) >= 11 is 2.48. The third kappa shape index (κ3) is 5.39. The van der Waals surface area contributed by atoms with Gasteiger partial charge >= 0.3 is 0 Å². The van der Waals surface area contributed by atoms with E-state index in [-0.39, 0.29) is 10.2 Å². The van der Waals surface area contributed by atoms with E-state index in [1.54, 1.807) is 13.8 Å². The smallest absolute Gasteiger partial charge is 0.214 e. The number of carbonyl (C=O) groups excluding carboxylic acids is 2. The molecular formula is C16H18O2S2. The van der Waals surface area contributed by atoms with E-state index < -0.39 is 0 Å². The van der Waals surface area contributed by atoms with Gasteiger partial charge in [0.05, 0.1) is 0 Å². The second kappa shape index (κ2) is 8.12. The topological polar surface area (TPSA) is 34.1 Å². The summed E-state index contributed by atoms with van der Waals surface area (Å²) in [6.45, 7) is 10.7. The molecule has 0 bridgehead atoms. The van der Waals surface area contributed by atoms with E-state index in [1.165, 1.54) is 23.5 Å². The van der Waals surface area contributed by atoms with Gasteiger partial charge in [0.1, 0.15) is 0 Å². The van der Waals surface area contributed by atoms with Crippen LogP contribution in [0.25, 0.3) is 0 Å². The minimum Gasteiger partial charge on any atom is -0.282 e. The highest BCUT2D eigenvalue weighted by Gasteiger charge is 2.09. The Labute approximate surface area is 128 Å². The lowest BCUT2D eigenvalue weighted by atomic mass is 10.1. The highest BCUT2D eigenvalue weighted by atomic mass is 32.2. The average Bonchev–Trinajstić information content (AvgIpc) is 2.42. The Morgan fingerprint density at radius 2 is 1.25 bits per heavy atom. The number of benzene rings is 1. The Balaban J connectivity index is 2.68. The molecule has 0 aliphatic carbocycles. The monoisotopic (exact) mass is 306 g/mol. The molecule has 0 N–H and O–H groups in total. The summed E-state index contributed by atoms with van der Waals surface area (Å²) in [5, 5.41) is 0.0101. The molecule has 1 aromatic carbocycles. The summed E-state index contributed by atoms with van der Waals surface area (Å²) in [6.07, 6.45) is 0. The van der Waals surface area contributed by atoms with Crippen LogP contribution < -0.4 is 0 Å². The minimum atomic E-state index is 0.00506. The molecule has 0 aliphatic heterocycles. The van der Waals surface area contributed by atoms with Crippen molar-refractivity contribution in [3.8, 4) is 0 Å². The Kier molecular flexibility index (Phi) is 6.82. The van der Waals surface area contributed by atoms with Gasteiger partial charge < -0.3 is 0 Å². The van der Waals surface area contributed by atoms with Gasteiger partial charge in [0.15, 0.2) is 0 Å². The summed E-state index contributed by atoms with van der Waals surface area (Å²) in [5.41, 5.74) is 3.27. The molecule has 2 nitrogen and oxygen atoms in total. The van der Waals surface area contributed by atoms with Gasteiger partial charge in [-0.25, -0.2) is 0 Å². The quantitative estimate of drug-likeness (QED) is 0.731. The second-order valence-electron chi connectivity index (χ2n) is 4.48. The molecule has 0 atom stereocenters. The van der Waals surface area contributed by atoms with Gasteiger partial charge in [-0.15, -0.1) is 0 Å². The highest BCUT2D eigenvalue weighted by Crippen LogP contribution is 2.23. The molecule has 106 valence electrons. The van der Waals surface area contributed by atoms with Gasteiger partial charge in [-0.3, -0.25) is 9.59 Å². The maximum absolute atomic E-state index is 11.6. The molecule has 0 fully saturated rings. The fourth-order valence-electron chi connectivity index (χ4n) is 1.37. The van der Waals surface area contributed by atoms with Crippen molar-refractivity contribution in [2.75, 3.05) is 0 Å². The van der Waals surface area contributed by atoms with Crippen LogP contribution in [0.3, 0.4) is 0 Å². The summed E-state index contributed by atoms with van der Waals surface area (Å²) in [5.74, 6) is 1.20. The molecule has 0 amide bonds. The number of hydrogen-bond acceptors (Lipinski definition) is 4. The van der Waals surface area contributed by atoms with Crippen molar-refractivity contribution in [2.45, 2.75) is 25.4 Å². The third-order valence-electron chi connectivity index (χ3n) is 2.53. The van der Waals surface area contributed by atoms with Gasteiger partial charge in [0.2, 0.25) is 10.2 Å². The fraction of sp³-hybridized carbons (Fsp3) is 0.250. The van der Waals surface area contributed by atoms with Crippen molar-refractivity contribution in [1.82, 2.24) is 0 Å². The molecule has 20 heavy (non-hydrogen) atoms. The highest BCUT2D eigenvalue weighted by molar-refractivity contribution is 8.13. The van der Waals surface area contributed by atoms with Crippen molar-refractivity contribution in [1.29, 1.82) is 0 Å². The Morgan fingerprint density at radius 3 is 1.55 bits per heavy atom. The second-order valence-corrected chi connectivity index (χ2v) is 6.38. The van der Waals surface area contributed by atoms with Gasteiger partial charge in [-0.1, -0.05) is 60.9 Å². The van der Waals surface area contributed by atoms with E-state index >= 15 is 0 Å². The molecule has 0 saturated heterocycles. The summed E-state index contributed by atoms with van der Waals surface area (Å²) in [4.78, 5) is 23.2. The van der Waals surface area contributed by atoms with Crippen LogP contribution >= 0.6 is 23.5 Å². The lowest BCUT2D eigenvalue weighted by Gasteiger charge is -2.08. The van der Waals surface area contributed by atoms with Crippen LogP contribution in [0.2, 0.25) is 0 Å². The first-order chi connectivity index (χ1) is 9.41. The van der Waals surface area contributed by atoms with E-state index in [0.717, 1.165) is 11.1 Å². The molecular weight excluding hydrogens is 288 g/mol. The Morgan fingerprint density at radius 1 is 0.900 bits per heavy atom. The molecule has 4 heteroatoms. The average molecular weight is 306 g/mol. The van der Waals surface area contributed by atoms with Gasteiger partial charge in [-0.05, 0) is 36.1 Å². The van der Waals surface area contributed by atoms with Gasteiger partial charge in [0.25, 0.3) is 0 Å². The van der Waals surface area contributed by atoms with E-state index in [1.807, 2.05) is 24.3 Å². The molecule has 0 spiro atoms. The number of hydrogen-bond donors (Lipinski definition) is 0. The summed E-state index contributed by atoms with van der Waals surface area (Å²) in [7, 11) is 0. The normalized spacial score (nSPS) is 10.1. The van der Waals surface area contributed by atoms with Crippen molar-refractivity contribution in [3.63, 3.8) is 0 Å². The SMILES string of the molecule is C=C(C)C(=O)SCc1ccccc1CSC(=O)C(=C)C. The molecule has 1 aromatic rings. The van der Waals surface area contributed by atoms with E-state index in [4.69, 9.17) is 0 Å². The van der Waals surface area contributed by atoms with Crippen LogP contribution in [0.5, 0.6) is 0 Å². The zero-order valence-electron chi connectivity index (χ0n) is 11.8. The Hall–Kier alpha value is -1.26. The zero-order valence-corrected chi connectivity index (χ0v) is 13.4. The number of thioether (sulfide) groups is 2. The predicted octanol–water partition coefficient (Wildman–Crippen LogP) is 4.36. The maximum atomic E-state index is 11.6. The zero-order chi connectivity index (χ0) is 15.1. The molecule has 0 radical (unpaired) electrons. The van der Waals surface area contributed by atoms with Crippen LogP contribution in [0.15, 0.2) is 48.6 Å². The summed E-state index contributed by atoms with van der Waals surface area (Å²) in [6, 6.07) is 7.85. The van der Waals surface area contributed by atoms with Crippen LogP contribution in [-0.4, -0.2) is 10.2 Å². The first kappa shape index (κ1) is 16.8. The minimum absolute atomic E-state index is 0.00506. The maximum Gasteiger partial charge on any atom is 0.214 e. The largest absolute Gasteiger partial charge is 0.282 e. The van der Waals surface area contributed by atoms with Gasteiger partial charge in [-0.2, -0.15) is 0 Å². The first-order valence-electron chi connectivity index (χ1n) is 6.14. The Bertz CT molecular complexity index is 498. The van der Waals surface area contributed by atoms with Crippen molar-refractivity contribution < 1.29 is 9.59 Å². The van der Waals surface area contributed by atoms with Gasteiger partial charge in [0, 0.05) is 11.5 Å². The molecule has 0 aromatic heterocycles. The fourth-order valence-corrected chi connectivity index (χ4v) is 3.00. The lowest BCUT2D eigenvalue weighted by Crippen LogP contribution is -1.98. The van der Waals surface area contributed by atoms with Crippen LogP contribution in [0.4, 0.5) is 0 Å². The first-order valence-corrected chi connectivity index (χ1v) is 8.11. The lowest BCUT2D eigenvalue weighted by molar-refractivity contribution is -0.108. The predicted molar refractivity (Wildman–Crippen MR) is 88.7 cm³/mol. The summed E-state index contributed by atoms with van der Waals surface area (Å²) < 4.78 is 0.